The second-order valence-corrected chi connectivity index (χ2v) is 7.53. The van der Waals surface area contributed by atoms with Crippen LogP contribution in [0, 0.1) is 5.92 Å². The lowest BCUT2D eigenvalue weighted by Crippen LogP contribution is -2.35. The van der Waals surface area contributed by atoms with Crippen molar-refractivity contribution in [1.29, 1.82) is 0 Å². The molecule has 2 rings (SSSR count). The zero-order chi connectivity index (χ0) is 18.9. The first-order valence-corrected chi connectivity index (χ1v) is 9.60. The lowest BCUT2D eigenvalue weighted by Gasteiger charge is -2.19. The molecule has 2 atom stereocenters. The van der Waals surface area contributed by atoms with Gasteiger partial charge in [0.2, 0.25) is 5.91 Å². The summed E-state index contributed by atoms with van der Waals surface area (Å²) in [5.41, 5.74) is 0.927. The van der Waals surface area contributed by atoms with Gasteiger partial charge in [-0.1, -0.05) is 55.5 Å². The summed E-state index contributed by atoms with van der Waals surface area (Å²) in [6.45, 7) is 5.63. The van der Waals surface area contributed by atoms with E-state index in [0.717, 1.165) is 10.5 Å². The Morgan fingerprint density at radius 3 is 2.12 bits per heavy atom. The highest BCUT2D eigenvalue weighted by Gasteiger charge is 2.24. The van der Waals surface area contributed by atoms with Crippen LogP contribution in [0.3, 0.4) is 0 Å². The molecule has 0 spiro atoms. The van der Waals surface area contributed by atoms with E-state index in [0.29, 0.717) is 0 Å². The maximum absolute atomic E-state index is 12.8. The number of thioether (sulfide) groups is 1. The van der Waals surface area contributed by atoms with E-state index in [1.165, 1.54) is 11.8 Å². The topological polar surface area (TPSA) is 55.4 Å². The summed E-state index contributed by atoms with van der Waals surface area (Å²) in [5, 5.41) is 2.51. The predicted molar refractivity (Wildman–Crippen MR) is 105 cm³/mol. The average Bonchev–Trinajstić information content (AvgIpc) is 2.65. The molecule has 0 aliphatic carbocycles. The second kappa shape index (κ2) is 10.0. The quantitative estimate of drug-likeness (QED) is 0.557. The Balaban J connectivity index is 2.05. The molecule has 0 aliphatic rings. The number of benzene rings is 2. The van der Waals surface area contributed by atoms with E-state index in [1.54, 1.807) is 6.92 Å². The first kappa shape index (κ1) is 20.0. The highest BCUT2D eigenvalue weighted by molar-refractivity contribution is 8.00. The minimum Gasteiger partial charge on any atom is -0.463 e. The van der Waals surface area contributed by atoms with Crippen LogP contribution >= 0.6 is 11.8 Å². The van der Waals surface area contributed by atoms with Crippen molar-refractivity contribution in [2.75, 3.05) is 6.54 Å². The molecule has 0 saturated heterocycles. The molecule has 1 N–H and O–H groups in total. The van der Waals surface area contributed by atoms with Crippen LogP contribution in [-0.4, -0.2) is 24.5 Å². The van der Waals surface area contributed by atoms with Crippen molar-refractivity contribution in [3.05, 3.63) is 66.2 Å². The van der Waals surface area contributed by atoms with Gasteiger partial charge in [0, 0.05) is 11.4 Å². The number of hydrogen-bond donors (Lipinski definition) is 1. The molecule has 0 aliphatic heterocycles. The number of hydrogen-bond acceptors (Lipinski definition) is 4. The smallest absolute Gasteiger partial charge is 0.310 e. The van der Waals surface area contributed by atoms with E-state index in [4.69, 9.17) is 4.74 Å². The van der Waals surface area contributed by atoms with Gasteiger partial charge in [-0.25, -0.2) is 0 Å². The lowest BCUT2D eigenvalue weighted by molar-refractivity contribution is -0.151. The van der Waals surface area contributed by atoms with Gasteiger partial charge in [0.25, 0.3) is 0 Å². The summed E-state index contributed by atoms with van der Waals surface area (Å²) in [6.07, 6.45) is -0.161. The number of rotatable bonds is 8. The van der Waals surface area contributed by atoms with E-state index >= 15 is 0 Å². The third-order valence-electron chi connectivity index (χ3n) is 3.67. The van der Waals surface area contributed by atoms with Crippen LogP contribution in [0.5, 0.6) is 0 Å². The third kappa shape index (κ3) is 6.23. The van der Waals surface area contributed by atoms with Gasteiger partial charge in [-0.15, -0.1) is 11.8 Å². The van der Waals surface area contributed by atoms with E-state index in [9.17, 15) is 9.59 Å². The van der Waals surface area contributed by atoms with E-state index in [-0.39, 0.29) is 35.7 Å². The molecule has 0 fully saturated rings. The third-order valence-corrected chi connectivity index (χ3v) is 4.94. The Hall–Kier alpha value is -2.27. The molecule has 138 valence electrons. The summed E-state index contributed by atoms with van der Waals surface area (Å²) < 4.78 is 5.19. The Labute approximate surface area is 159 Å². The predicted octanol–water partition coefficient (Wildman–Crippen LogP) is 4.22. The van der Waals surface area contributed by atoms with Crippen LogP contribution in [-0.2, 0) is 14.3 Å². The largest absolute Gasteiger partial charge is 0.463 e. The summed E-state index contributed by atoms with van der Waals surface area (Å²) in [7, 11) is 0. The molecule has 0 radical (unpaired) electrons. The summed E-state index contributed by atoms with van der Waals surface area (Å²) in [6, 6.07) is 19.5. The first-order valence-electron chi connectivity index (χ1n) is 8.72. The zero-order valence-corrected chi connectivity index (χ0v) is 16.2. The summed E-state index contributed by atoms with van der Waals surface area (Å²) >= 11 is 1.49. The van der Waals surface area contributed by atoms with Gasteiger partial charge < -0.3 is 10.1 Å². The minimum atomic E-state index is -0.389. The minimum absolute atomic E-state index is 0.116. The van der Waals surface area contributed by atoms with Crippen LogP contribution in [0.1, 0.15) is 31.6 Å². The molecular formula is C21H25NO3S. The van der Waals surface area contributed by atoms with Crippen LogP contribution < -0.4 is 5.32 Å². The van der Waals surface area contributed by atoms with Crippen LogP contribution in [0.25, 0.3) is 0 Å². The van der Waals surface area contributed by atoms with Crippen molar-refractivity contribution in [2.45, 2.75) is 37.0 Å². The van der Waals surface area contributed by atoms with Gasteiger partial charge in [-0.2, -0.15) is 0 Å². The molecule has 0 heterocycles. The molecule has 2 aromatic carbocycles. The Morgan fingerprint density at radius 2 is 1.54 bits per heavy atom. The van der Waals surface area contributed by atoms with E-state index in [2.05, 4.69) is 5.32 Å². The zero-order valence-electron chi connectivity index (χ0n) is 15.3. The van der Waals surface area contributed by atoms with Crippen LogP contribution in [0.15, 0.2) is 65.6 Å². The van der Waals surface area contributed by atoms with Gasteiger partial charge >= 0.3 is 5.97 Å². The average molecular weight is 372 g/mol. The Bertz CT molecular complexity index is 704. The van der Waals surface area contributed by atoms with Crippen molar-refractivity contribution in [1.82, 2.24) is 5.32 Å². The number of nitrogens with one attached hydrogen (secondary N) is 1. The highest BCUT2D eigenvalue weighted by atomic mass is 32.2. The lowest BCUT2D eigenvalue weighted by atomic mass is 10.1. The molecule has 0 aromatic heterocycles. The summed E-state index contributed by atoms with van der Waals surface area (Å²) in [4.78, 5) is 25.7. The van der Waals surface area contributed by atoms with Crippen LogP contribution in [0.2, 0.25) is 0 Å². The van der Waals surface area contributed by atoms with Crippen molar-refractivity contribution in [2.24, 2.45) is 5.92 Å². The molecule has 0 saturated carbocycles. The number of amides is 1. The van der Waals surface area contributed by atoms with Crippen LogP contribution in [0.4, 0.5) is 0 Å². The monoisotopic (exact) mass is 371 g/mol. The molecule has 5 heteroatoms. The Kier molecular flexibility index (Phi) is 7.73. The fraction of sp³-hybridized carbons (Fsp3) is 0.333. The standard InChI is InChI=1S/C21H25NO3S/c1-15(2)25-21(24)16(3)14-22-20(23)19(17-10-6-4-7-11-17)26-18-12-8-5-9-13-18/h4-13,15-16,19H,14H2,1-3H3,(H,22,23)/t16-,19+/m0/s1. The van der Waals surface area contributed by atoms with Gasteiger partial charge in [0.05, 0.1) is 12.0 Å². The fourth-order valence-electron chi connectivity index (χ4n) is 2.31. The molecule has 26 heavy (non-hydrogen) atoms. The Morgan fingerprint density at radius 1 is 0.962 bits per heavy atom. The fourth-order valence-corrected chi connectivity index (χ4v) is 3.38. The van der Waals surface area contributed by atoms with Crippen molar-refractivity contribution < 1.29 is 14.3 Å². The highest BCUT2D eigenvalue weighted by Crippen LogP contribution is 2.35. The molecule has 1 amide bonds. The van der Waals surface area contributed by atoms with Gasteiger partial charge in [-0.3, -0.25) is 9.59 Å². The van der Waals surface area contributed by atoms with Crippen molar-refractivity contribution >= 4 is 23.6 Å². The molecule has 4 nitrogen and oxygen atoms in total. The molecule has 0 bridgehead atoms. The van der Waals surface area contributed by atoms with Crippen molar-refractivity contribution in [3.8, 4) is 0 Å². The first-order chi connectivity index (χ1) is 12.5. The van der Waals surface area contributed by atoms with Gasteiger partial charge in [0.1, 0.15) is 5.25 Å². The number of ether oxygens (including phenoxy) is 1. The molecule has 2 aromatic rings. The maximum atomic E-state index is 12.8. The number of carbonyl (C=O) groups is 2. The second-order valence-electron chi connectivity index (χ2n) is 6.35. The number of carbonyl (C=O) groups excluding carboxylic acids is 2. The summed E-state index contributed by atoms with van der Waals surface area (Å²) in [5.74, 6) is -0.805. The van der Waals surface area contributed by atoms with E-state index in [1.807, 2.05) is 74.5 Å². The molecular weight excluding hydrogens is 346 g/mol. The SMILES string of the molecule is CC(C)OC(=O)[C@@H](C)CNC(=O)[C@H](Sc1ccccc1)c1ccccc1. The van der Waals surface area contributed by atoms with Gasteiger partial charge in [-0.05, 0) is 31.5 Å². The van der Waals surface area contributed by atoms with Crippen molar-refractivity contribution in [3.63, 3.8) is 0 Å². The van der Waals surface area contributed by atoms with E-state index < -0.39 is 0 Å². The maximum Gasteiger partial charge on any atom is 0.310 e. The molecule has 0 unspecified atom stereocenters. The van der Waals surface area contributed by atoms with Gasteiger partial charge in [0.15, 0.2) is 0 Å². The number of esters is 1. The normalized spacial score (nSPS) is 13.1.